The molecule has 1 aromatic rings. The highest BCUT2D eigenvalue weighted by molar-refractivity contribution is 6.02. The molecule has 0 spiro atoms. The van der Waals surface area contributed by atoms with Gasteiger partial charge in [-0.2, -0.15) is 0 Å². The van der Waals surface area contributed by atoms with E-state index in [1.807, 2.05) is 6.07 Å². The van der Waals surface area contributed by atoms with Crippen molar-refractivity contribution in [2.75, 3.05) is 16.8 Å². The average Bonchev–Trinajstić information content (AvgIpc) is 2.67. The van der Waals surface area contributed by atoms with Crippen LogP contribution in [-0.4, -0.2) is 18.5 Å². The summed E-state index contributed by atoms with van der Waals surface area (Å²) in [5.74, 6) is 0.619. The molecule has 3 atom stereocenters. The minimum absolute atomic E-state index is 0.104. The smallest absolute Gasteiger partial charge is 0.245 e. The van der Waals surface area contributed by atoms with Crippen molar-refractivity contribution in [1.82, 2.24) is 0 Å². The van der Waals surface area contributed by atoms with Crippen LogP contribution in [0, 0.1) is 5.92 Å². The molecule has 3 unspecified atom stereocenters. The molecule has 1 fully saturated rings. The summed E-state index contributed by atoms with van der Waals surface area (Å²) in [6.07, 6.45) is 2.52. The number of nitrogens with zero attached hydrogens (tertiary/aromatic N) is 1. The molecule has 0 aromatic heterocycles. The summed E-state index contributed by atoms with van der Waals surface area (Å²) in [6.45, 7) is 5.65. The molecule has 0 radical (unpaired) electrons. The van der Waals surface area contributed by atoms with Crippen LogP contribution in [0.4, 0.5) is 11.4 Å². The Bertz CT molecular complexity index is 514. The molecule has 0 aliphatic carbocycles. The molecule has 0 saturated carbocycles. The van der Waals surface area contributed by atoms with Gasteiger partial charge in [-0.3, -0.25) is 4.79 Å². The monoisotopic (exact) mass is 259 g/mol. The van der Waals surface area contributed by atoms with Crippen LogP contribution in [0.15, 0.2) is 18.2 Å². The lowest BCUT2D eigenvalue weighted by Gasteiger charge is -2.38. The van der Waals surface area contributed by atoms with E-state index in [-0.39, 0.29) is 5.91 Å². The summed E-state index contributed by atoms with van der Waals surface area (Å²) in [6, 6.07) is 6.18. The number of carbonyl (C=O) groups excluding carboxylic acids is 1. The number of carbonyl (C=O) groups is 1. The van der Waals surface area contributed by atoms with Gasteiger partial charge in [-0.05, 0) is 37.8 Å². The van der Waals surface area contributed by atoms with Crippen LogP contribution >= 0.6 is 0 Å². The maximum absolute atomic E-state index is 11.6. The Balaban J connectivity index is 1.91. The summed E-state index contributed by atoms with van der Waals surface area (Å²) < 4.78 is 0. The van der Waals surface area contributed by atoms with E-state index in [1.165, 1.54) is 18.5 Å². The Kier molecular flexibility index (Phi) is 2.97. The highest BCUT2D eigenvalue weighted by Crippen LogP contribution is 2.35. The third kappa shape index (κ3) is 2.10. The number of fused-ring (bicyclic) bond motifs is 1. The van der Waals surface area contributed by atoms with Crippen LogP contribution in [0.3, 0.4) is 0 Å². The number of nitrogens with two attached hydrogens (primary N) is 1. The van der Waals surface area contributed by atoms with Crippen molar-refractivity contribution in [2.24, 2.45) is 11.7 Å². The molecule has 19 heavy (non-hydrogen) atoms. The van der Waals surface area contributed by atoms with Crippen molar-refractivity contribution in [3.05, 3.63) is 23.8 Å². The third-order valence-electron chi connectivity index (χ3n) is 4.36. The Labute approximate surface area is 114 Å². The zero-order valence-electron chi connectivity index (χ0n) is 11.5. The maximum Gasteiger partial charge on any atom is 0.245 e. The van der Waals surface area contributed by atoms with Crippen LogP contribution in [-0.2, 0) is 4.79 Å². The number of nitrogens with one attached hydrogen (secondary N) is 1. The molecule has 1 amide bonds. The fourth-order valence-electron chi connectivity index (χ4n) is 3.10. The van der Waals surface area contributed by atoms with Gasteiger partial charge in [0.1, 0.15) is 6.04 Å². The number of piperidine rings is 1. The topological polar surface area (TPSA) is 58.4 Å². The van der Waals surface area contributed by atoms with Crippen LogP contribution in [0.1, 0.15) is 38.3 Å². The predicted molar refractivity (Wildman–Crippen MR) is 77.2 cm³/mol. The molecule has 2 heterocycles. The number of amides is 1. The first-order chi connectivity index (χ1) is 9.06. The van der Waals surface area contributed by atoms with E-state index in [0.717, 1.165) is 23.7 Å². The fraction of sp³-hybridized carbons (Fsp3) is 0.533. The largest absolute Gasteiger partial charge is 0.368 e. The maximum atomic E-state index is 11.6. The molecule has 4 heteroatoms. The standard InChI is InChI=1S/C15H21N3O/c1-9-3-4-10(2)18(8-9)11-5-6-12-13(7-11)17-15(19)14(12)16/h5-7,9-10,14H,3-4,8,16H2,1-2H3,(H,17,19). The second kappa shape index (κ2) is 4.53. The number of benzene rings is 1. The van der Waals surface area contributed by atoms with Crippen LogP contribution < -0.4 is 16.0 Å². The SMILES string of the molecule is CC1CCC(C)N(c2ccc3c(c2)NC(=O)C3N)C1. The van der Waals surface area contributed by atoms with Crippen molar-refractivity contribution in [3.8, 4) is 0 Å². The zero-order chi connectivity index (χ0) is 13.6. The highest BCUT2D eigenvalue weighted by Gasteiger charge is 2.29. The first kappa shape index (κ1) is 12.5. The van der Waals surface area contributed by atoms with E-state index in [9.17, 15) is 4.79 Å². The molecule has 4 nitrogen and oxygen atoms in total. The van der Waals surface area contributed by atoms with E-state index in [2.05, 4.69) is 36.2 Å². The lowest BCUT2D eigenvalue weighted by Crippen LogP contribution is -2.41. The summed E-state index contributed by atoms with van der Waals surface area (Å²) in [5, 5.41) is 2.86. The van der Waals surface area contributed by atoms with E-state index in [4.69, 9.17) is 5.73 Å². The number of rotatable bonds is 1. The zero-order valence-corrected chi connectivity index (χ0v) is 11.5. The number of hydrogen-bond acceptors (Lipinski definition) is 3. The van der Waals surface area contributed by atoms with Crippen molar-refractivity contribution in [2.45, 2.75) is 38.8 Å². The second-order valence-electron chi connectivity index (χ2n) is 5.92. The molecule has 2 aliphatic heterocycles. The molecule has 3 N–H and O–H groups in total. The summed E-state index contributed by atoms with van der Waals surface area (Å²) in [4.78, 5) is 14.0. The van der Waals surface area contributed by atoms with Gasteiger partial charge in [-0.15, -0.1) is 0 Å². The lowest BCUT2D eigenvalue weighted by molar-refractivity contribution is -0.116. The molecule has 3 rings (SSSR count). The van der Waals surface area contributed by atoms with Crippen LogP contribution in [0.2, 0.25) is 0 Å². The normalized spacial score (nSPS) is 30.2. The molecule has 0 bridgehead atoms. The average molecular weight is 259 g/mol. The molecule has 102 valence electrons. The van der Waals surface area contributed by atoms with Gasteiger partial charge in [0.05, 0.1) is 0 Å². The molecular weight excluding hydrogens is 238 g/mol. The van der Waals surface area contributed by atoms with Gasteiger partial charge in [0.15, 0.2) is 0 Å². The number of hydrogen-bond donors (Lipinski definition) is 2. The van der Waals surface area contributed by atoms with Gasteiger partial charge in [0.2, 0.25) is 5.91 Å². The van der Waals surface area contributed by atoms with Crippen LogP contribution in [0.25, 0.3) is 0 Å². The summed E-state index contributed by atoms with van der Waals surface area (Å²) >= 11 is 0. The lowest BCUT2D eigenvalue weighted by atomic mass is 9.94. The summed E-state index contributed by atoms with van der Waals surface area (Å²) in [7, 11) is 0. The molecule has 2 aliphatic rings. The van der Waals surface area contributed by atoms with E-state index >= 15 is 0 Å². The van der Waals surface area contributed by atoms with E-state index in [1.54, 1.807) is 0 Å². The molecule has 1 aromatic carbocycles. The first-order valence-corrected chi connectivity index (χ1v) is 7.03. The molecular formula is C15H21N3O. The minimum atomic E-state index is -0.512. The number of anilines is 2. The van der Waals surface area contributed by atoms with Crippen molar-refractivity contribution in [3.63, 3.8) is 0 Å². The fourth-order valence-corrected chi connectivity index (χ4v) is 3.10. The Morgan fingerprint density at radius 2 is 2.11 bits per heavy atom. The van der Waals surface area contributed by atoms with Gasteiger partial charge in [-0.25, -0.2) is 0 Å². The molecule has 1 saturated heterocycles. The first-order valence-electron chi connectivity index (χ1n) is 7.03. The van der Waals surface area contributed by atoms with Gasteiger partial charge in [0.25, 0.3) is 0 Å². The third-order valence-corrected chi connectivity index (χ3v) is 4.36. The van der Waals surface area contributed by atoms with Crippen molar-refractivity contribution >= 4 is 17.3 Å². The van der Waals surface area contributed by atoms with Gasteiger partial charge >= 0.3 is 0 Å². The Morgan fingerprint density at radius 3 is 2.89 bits per heavy atom. The minimum Gasteiger partial charge on any atom is -0.368 e. The predicted octanol–water partition coefficient (Wildman–Crippen LogP) is 2.26. The van der Waals surface area contributed by atoms with Crippen LogP contribution in [0.5, 0.6) is 0 Å². The van der Waals surface area contributed by atoms with E-state index < -0.39 is 6.04 Å². The summed E-state index contributed by atoms with van der Waals surface area (Å²) in [5.41, 5.74) is 8.81. The van der Waals surface area contributed by atoms with Gasteiger partial charge in [0, 0.05) is 29.5 Å². The second-order valence-corrected chi connectivity index (χ2v) is 5.92. The van der Waals surface area contributed by atoms with Gasteiger partial charge in [-0.1, -0.05) is 13.0 Å². The Morgan fingerprint density at radius 1 is 1.32 bits per heavy atom. The van der Waals surface area contributed by atoms with E-state index in [0.29, 0.717) is 6.04 Å². The van der Waals surface area contributed by atoms with Gasteiger partial charge < -0.3 is 16.0 Å². The quantitative estimate of drug-likeness (QED) is 0.813. The van der Waals surface area contributed by atoms with Crippen molar-refractivity contribution in [1.29, 1.82) is 0 Å². The van der Waals surface area contributed by atoms with Crippen molar-refractivity contribution < 1.29 is 4.79 Å². The Hall–Kier alpha value is -1.55. The highest BCUT2D eigenvalue weighted by atomic mass is 16.2.